The van der Waals surface area contributed by atoms with Crippen LogP contribution in [0.5, 0.6) is 0 Å². The summed E-state index contributed by atoms with van der Waals surface area (Å²) in [5, 5.41) is 11.0. The lowest BCUT2D eigenvalue weighted by Gasteiger charge is -2.30. The van der Waals surface area contributed by atoms with Crippen molar-refractivity contribution in [3.8, 4) is 0 Å². The number of rotatable bonds is 7. The molecular formula is C15H22ClNO3S. The van der Waals surface area contributed by atoms with Gasteiger partial charge in [0.05, 0.1) is 11.9 Å². The first-order valence-corrected chi connectivity index (χ1v) is 9.57. The second-order valence-corrected chi connectivity index (χ2v) is 8.56. The molecule has 0 aromatic heterocycles. The van der Waals surface area contributed by atoms with E-state index in [-0.39, 0.29) is 11.8 Å². The highest BCUT2D eigenvalue weighted by molar-refractivity contribution is 7.90. The topological polar surface area (TPSA) is 57.6 Å². The Labute approximate surface area is 131 Å². The first-order chi connectivity index (χ1) is 9.76. The SMILES string of the molecule is CC(CS(C)(=O)=O)N(CC(O)c1ccc(Cl)cc1)C1CC1. The van der Waals surface area contributed by atoms with E-state index in [0.29, 0.717) is 17.6 Å². The molecule has 2 rings (SSSR count). The predicted molar refractivity (Wildman–Crippen MR) is 85.3 cm³/mol. The van der Waals surface area contributed by atoms with Gasteiger partial charge in [-0.05, 0) is 37.5 Å². The van der Waals surface area contributed by atoms with Crippen LogP contribution in [0.25, 0.3) is 0 Å². The van der Waals surface area contributed by atoms with E-state index in [1.807, 2.05) is 6.92 Å². The van der Waals surface area contributed by atoms with Gasteiger partial charge in [-0.2, -0.15) is 0 Å². The predicted octanol–water partition coefficient (Wildman–Crippen LogP) is 2.27. The Morgan fingerprint density at radius 3 is 2.38 bits per heavy atom. The smallest absolute Gasteiger partial charge is 0.148 e. The summed E-state index contributed by atoms with van der Waals surface area (Å²) in [5.41, 5.74) is 0.802. The third-order valence-corrected chi connectivity index (χ3v) is 5.10. The van der Waals surface area contributed by atoms with Crippen molar-refractivity contribution in [3.63, 3.8) is 0 Å². The molecular weight excluding hydrogens is 310 g/mol. The number of aliphatic hydroxyl groups excluding tert-OH is 1. The van der Waals surface area contributed by atoms with Crippen LogP contribution in [-0.2, 0) is 9.84 Å². The molecule has 6 heteroatoms. The Morgan fingerprint density at radius 1 is 1.33 bits per heavy atom. The molecule has 1 aliphatic rings. The first-order valence-electron chi connectivity index (χ1n) is 7.13. The van der Waals surface area contributed by atoms with Crippen molar-refractivity contribution < 1.29 is 13.5 Å². The van der Waals surface area contributed by atoms with E-state index in [1.165, 1.54) is 6.26 Å². The molecule has 0 radical (unpaired) electrons. The van der Waals surface area contributed by atoms with Gasteiger partial charge in [0.1, 0.15) is 9.84 Å². The van der Waals surface area contributed by atoms with E-state index in [2.05, 4.69) is 4.90 Å². The fourth-order valence-corrected chi connectivity index (χ4v) is 3.81. The van der Waals surface area contributed by atoms with Gasteiger partial charge in [0.2, 0.25) is 0 Å². The van der Waals surface area contributed by atoms with Crippen molar-refractivity contribution in [3.05, 3.63) is 34.9 Å². The minimum absolute atomic E-state index is 0.0885. The van der Waals surface area contributed by atoms with Gasteiger partial charge in [-0.15, -0.1) is 0 Å². The zero-order chi connectivity index (χ0) is 15.6. The number of benzene rings is 1. The Hall–Kier alpha value is -0.620. The average molecular weight is 332 g/mol. The lowest BCUT2D eigenvalue weighted by Crippen LogP contribution is -2.42. The molecule has 1 aliphatic carbocycles. The van der Waals surface area contributed by atoms with Crippen molar-refractivity contribution in [1.29, 1.82) is 0 Å². The summed E-state index contributed by atoms with van der Waals surface area (Å²) in [5.74, 6) is 0.122. The maximum absolute atomic E-state index is 11.5. The van der Waals surface area contributed by atoms with E-state index in [9.17, 15) is 13.5 Å². The van der Waals surface area contributed by atoms with Crippen molar-refractivity contribution in [1.82, 2.24) is 4.90 Å². The van der Waals surface area contributed by atoms with Crippen LogP contribution < -0.4 is 0 Å². The molecule has 1 saturated carbocycles. The molecule has 1 fully saturated rings. The molecule has 21 heavy (non-hydrogen) atoms. The zero-order valence-corrected chi connectivity index (χ0v) is 13.9. The molecule has 4 nitrogen and oxygen atoms in total. The van der Waals surface area contributed by atoms with Crippen LogP contribution in [0.4, 0.5) is 0 Å². The summed E-state index contributed by atoms with van der Waals surface area (Å²) >= 11 is 5.85. The number of sulfone groups is 1. The normalized spacial score (nSPS) is 18.7. The molecule has 0 aliphatic heterocycles. The van der Waals surface area contributed by atoms with E-state index >= 15 is 0 Å². The van der Waals surface area contributed by atoms with Crippen molar-refractivity contribution >= 4 is 21.4 Å². The fourth-order valence-electron chi connectivity index (χ4n) is 2.62. The molecule has 1 aromatic carbocycles. The Morgan fingerprint density at radius 2 is 1.90 bits per heavy atom. The van der Waals surface area contributed by atoms with Gasteiger partial charge in [0.25, 0.3) is 0 Å². The van der Waals surface area contributed by atoms with Crippen LogP contribution in [-0.4, -0.2) is 49.1 Å². The van der Waals surface area contributed by atoms with Crippen LogP contribution in [0.15, 0.2) is 24.3 Å². The van der Waals surface area contributed by atoms with Gasteiger partial charge in [0.15, 0.2) is 0 Å². The molecule has 0 heterocycles. The summed E-state index contributed by atoms with van der Waals surface area (Å²) in [7, 11) is -3.02. The van der Waals surface area contributed by atoms with Crippen LogP contribution in [0.1, 0.15) is 31.4 Å². The van der Waals surface area contributed by atoms with Crippen LogP contribution >= 0.6 is 11.6 Å². The standard InChI is InChI=1S/C15H22ClNO3S/c1-11(10-21(2,19)20)17(14-7-8-14)9-15(18)12-3-5-13(16)6-4-12/h3-6,11,14-15,18H,7-10H2,1-2H3. The van der Waals surface area contributed by atoms with Gasteiger partial charge < -0.3 is 5.11 Å². The quantitative estimate of drug-likeness (QED) is 0.832. The van der Waals surface area contributed by atoms with Crippen LogP contribution in [0, 0.1) is 0 Å². The number of hydrogen-bond acceptors (Lipinski definition) is 4. The molecule has 0 spiro atoms. The highest BCUT2D eigenvalue weighted by atomic mass is 35.5. The molecule has 1 aromatic rings. The van der Waals surface area contributed by atoms with E-state index in [0.717, 1.165) is 18.4 Å². The maximum atomic E-state index is 11.5. The van der Waals surface area contributed by atoms with Gasteiger partial charge in [-0.1, -0.05) is 23.7 Å². The molecule has 0 bridgehead atoms. The third-order valence-electron chi connectivity index (χ3n) is 3.76. The number of halogens is 1. The Balaban J connectivity index is 2.04. The lowest BCUT2D eigenvalue weighted by atomic mass is 10.1. The Bertz CT molecular complexity index is 569. The van der Waals surface area contributed by atoms with E-state index in [4.69, 9.17) is 11.6 Å². The second-order valence-electron chi connectivity index (χ2n) is 5.94. The minimum Gasteiger partial charge on any atom is -0.387 e. The third kappa shape index (κ3) is 5.25. The number of nitrogens with zero attached hydrogens (tertiary/aromatic N) is 1. The van der Waals surface area contributed by atoms with E-state index < -0.39 is 15.9 Å². The van der Waals surface area contributed by atoms with Gasteiger partial charge in [-0.25, -0.2) is 8.42 Å². The molecule has 1 N–H and O–H groups in total. The van der Waals surface area contributed by atoms with Gasteiger partial charge >= 0.3 is 0 Å². The monoisotopic (exact) mass is 331 g/mol. The van der Waals surface area contributed by atoms with Gasteiger partial charge in [0, 0.05) is 29.9 Å². The molecule has 2 atom stereocenters. The number of aliphatic hydroxyl groups is 1. The van der Waals surface area contributed by atoms with Gasteiger partial charge in [-0.3, -0.25) is 4.90 Å². The summed E-state index contributed by atoms with van der Waals surface area (Å²) in [6, 6.07) is 7.42. The van der Waals surface area contributed by atoms with Crippen LogP contribution in [0.2, 0.25) is 5.02 Å². The average Bonchev–Trinajstić information content (AvgIpc) is 3.18. The first kappa shape index (κ1) is 16.7. The lowest BCUT2D eigenvalue weighted by molar-refractivity contribution is 0.0911. The van der Waals surface area contributed by atoms with Crippen molar-refractivity contribution in [2.24, 2.45) is 0 Å². The summed E-state index contributed by atoms with van der Waals surface area (Å²) in [4.78, 5) is 2.11. The van der Waals surface area contributed by atoms with E-state index in [1.54, 1.807) is 24.3 Å². The largest absolute Gasteiger partial charge is 0.387 e. The molecule has 2 unspecified atom stereocenters. The summed E-state index contributed by atoms with van der Waals surface area (Å²) in [6.45, 7) is 2.36. The Kier molecular flexibility index (Phi) is 5.30. The van der Waals surface area contributed by atoms with Crippen molar-refractivity contribution in [2.45, 2.75) is 38.0 Å². The highest BCUT2D eigenvalue weighted by Gasteiger charge is 2.34. The molecule has 0 amide bonds. The number of hydrogen-bond donors (Lipinski definition) is 1. The molecule has 0 saturated heterocycles. The summed E-state index contributed by atoms with van der Waals surface area (Å²) < 4.78 is 23.0. The zero-order valence-electron chi connectivity index (χ0n) is 12.4. The maximum Gasteiger partial charge on any atom is 0.148 e. The second kappa shape index (κ2) is 6.65. The fraction of sp³-hybridized carbons (Fsp3) is 0.600. The minimum atomic E-state index is -3.02. The highest BCUT2D eigenvalue weighted by Crippen LogP contribution is 2.31. The summed E-state index contributed by atoms with van der Waals surface area (Å²) in [6.07, 6.45) is 2.76. The molecule has 118 valence electrons. The van der Waals surface area contributed by atoms with Crippen molar-refractivity contribution in [2.75, 3.05) is 18.6 Å². The van der Waals surface area contributed by atoms with Crippen LogP contribution in [0.3, 0.4) is 0 Å².